The Balaban J connectivity index is 3.06. The fraction of sp³-hybridized carbons (Fsp3) is 0.273. The van der Waals surface area contributed by atoms with E-state index in [2.05, 4.69) is 5.10 Å². The van der Waals surface area contributed by atoms with E-state index in [1.165, 1.54) is 16.9 Å². The Bertz CT molecular complexity index is 443. The van der Waals surface area contributed by atoms with Gasteiger partial charge in [0.25, 0.3) is 5.56 Å². The summed E-state index contributed by atoms with van der Waals surface area (Å²) in [6.07, 6.45) is 8.20. The standard InChI is InChI=1S/C11H15N3O/c1-3-4-5-6-9(2)14-11(15)10(12)7-8-13-14/h4-8H,3,12H2,1-2H3. The molecule has 1 heterocycles. The van der Waals surface area contributed by atoms with E-state index in [9.17, 15) is 4.79 Å². The average molecular weight is 205 g/mol. The van der Waals surface area contributed by atoms with Crippen molar-refractivity contribution >= 4 is 11.4 Å². The molecule has 1 aromatic heterocycles. The SMILES string of the molecule is CCC=CC=C(C)n1nccc(N)c1=O. The molecule has 0 amide bonds. The number of hydrogen-bond donors (Lipinski definition) is 1. The maximum Gasteiger partial charge on any atom is 0.294 e. The Hall–Kier alpha value is -1.84. The van der Waals surface area contributed by atoms with Crippen LogP contribution in [0.2, 0.25) is 0 Å². The molecule has 2 N–H and O–H groups in total. The van der Waals surface area contributed by atoms with E-state index in [1.54, 1.807) is 0 Å². The van der Waals surface area contributed by atoms with Gasteiger partial charge in [-0.2, -0.15) is 9.78 Å². The van der Waals surface area contributed by atoms with Gasteiger partial charge in [0.15, 0.2) is 0 Å². The molecular weight excluding hydrogens is 190 g/mol. The monoisotopic (exact) mass is 205 g/mol. The largest absolute Gasteiger partial charge is 0.394 e. The highest BCUT2D eigenvalue weighted by Gasteiger charge is 2.00. The summed E-state index contributed by atoms with van der Waals surface area (Å²) < 4.78 is 1.29. The maximum absolute atomic E-state index is 11.6. The van der Waals surface area contributed by atoms with Crippen molar-refractivity contribution in [2.24, 2.45) is 0 Å². The molecule has 0 bridgehead atoms. The number of nitrogens with two attached hydrogens (primary N) is 1. The fourth-order valence-electron chi connectivity index (χ4n) is 1.09. The van der Waals surface area contributed by atoms with E-state index >= 15 is 0 Å². The minimum atomic E-state index is -0.281. The van der Waals surface area contributed by atoms with Crippen LogP contribution >= 0.6 is 0 Å². The van der Waals surface area contributed by atoms with Gasteiger partial charge in [-0.25, -0.2) is 0 Å². The van der Waals surface area contributed by atoms with Gasteiger partial charge in [-0.15, -0.1) is 0 Å². The van der Waals surface area contributed by atoms with Gasteiger partial charge in [0.05, 0.1) is 6.20 Å². The Morgan fingerprint density at radius 2 is 2.40 bits per heavy atom. The predicted molar refractivity (Wildman–Crippen MR) is 62.3 cm³/mol. The third kappa shape index (κ3) is 2.80. The fourth-order valence-corrected chi connectivity index (χ4v) is 1.09. The number of aromatic nitrogens is 2. The zero-order valence-electron chi connectivity index (χ0n) is 8.97. The zero-order chi connectivity index (χ0) is 11.3. The molecule has 0 spiro atoms. The Morgan fingerprint density at radius 3 is 3.07 bits per heavy atom. The lowest BCUT2D eigenvalue weighted by molar-refractivity contribution is 0.824. The van der Waals surface area contributed by atoms with Crippen LogP contribution < -0.4 is 11.3 Å². The van der Waals surface area contributed by atoms with Crippen molar-refractivity contribution in [1.29, 1.82) is 0 Å². The van der Waals surface area contributed by atoms with Gasteiger partial charge in [0, 0.05) is 5.70 Å². The van der Waals surface area contributed by atoms with E-state index in [0.717, 1.165) is 12.1 Å². The van der Waals surface area contributed by atoms with Crippen molar-refractivity contribution < 1.29 is 0 Å². The summed E-state index contributed by atoms with van der Waals surface area (Å²) in [5.41, 5.74) is 6.17. The molecule has 0 radical (unpaired) electrons. The first-order valence-electron chi connectivity index (χ1n) is 4.84. The van der Waals surface area contributed by atoms with Gasteiger partial charge >= 0.3 is 0 Å². The van der Waals surface area contributed by atoms with Crippen molar-refractivity contribution in [1.82, 2.24) is 9.78 Å². The lowest BCUT2D eigenvalue weighted by atomic mass is 10.3. The summed E-state index contributed by atoms with van der Waals surface area (Å²) >= 11 is 0. The molecule has 0 aliphatic rings. The van der Waals surface area contributed by atoms with E-state index in [0.29, 0.717) is 0 Å². The second-order valence-corrected chi connectivity index (χ2v) is 3.15. The normalized spacial score (nSPS) is 12.3. The van der Waals surface area contributed by atoms with Gasteiger partial charge in [-0.1, -0.05) is 19.1 Å². The minimum Gasteiger partial charge on any atom is -0.394 e. The smallest absolute Gasteiger partial charge is 0.294 e. The lowest BCUT2D eigenvalue weighted by Gasteiger charge is -2.03. The van der Waals surface area contributed by atoms with Crippen molar-refractivity contribution in [3.63, 3.8) is 0 Å². The van der Waals surface area contributed by atoms with Gasteiger partial charge in [-0.3, -0.25) is 4.79 Å². The zero-order valence-corrected chi connectivity index (χ0v) is 8.97. The van der Waals surface area contributed by atoms with Crippen LogP contribution in [-0.4, -0.2) is 9.78 Å². The molecule has 0 atom stereocenters. The molecule has 1 rings (SSSR count). The number of hydrogen-bond acceptors (Lipinski definition) is 3. The van der Waals surface area contributed by atoms with Crippen LogP contribution in [0.4, 0.5) is 5.69 Å². The molecule has 80 valence electrons. The molecule has 4 heteroatoms. The van der Waals surface area contributed by atoms with E-state index < -0.39 is 0 Å². The van der Waals surface area contributed by atoms with E-state index in [4.69, 9.17) is 5.73 Å². The number of rotatable bonds is 3. The second-order valence-electron chi connectivity index (χ2n) is 3.15. The molecule has 0 aliphatic heterocycles. The first-order valence-corrected chi connectivity index (χ1v) is 4.84. The number of anilines is 1. The summed E-state index contributed by atoms with van der Waals surface area (Å²) in [6.45, 7) is 3.86. The molecule has 0 saturated heterocycles. The summed E-state index contributed by atoms with van der Waals surface area (Å²) in [7, 11) is 0. The Labute approximate surface area is 88.7 Å². The lowest BCUT2D eigenvalue weighted by Crippen LogP contribution is -2.23. The Morgan fingerprint density at radius 1 is 1.67 bits per heavy atom. The van der Waals surface area contributed by atoms with Crippen LogP contribution in [0.3, 0.4) is 0 Å². The van der Waals surface area contributed by atoms with Crippen LogP contribution in [0.15, 0.2) is 35.3 Å². The molecule has 15 heavy (non-hydrogen) atoms. The van der Waals surface area contributed by atoms with Gasteiger partial charge in [-0.05, 0) is 25.5 Å². The second kappa shape index (κ2) is 5.14. The third-order valence-corrected chi connectivity index (χ3v) is 1.92. The molecule has 1 aromatic rings. The number of nitrogens with zero attached hydrogens (tertiary/aromatic N) is 2. The highest BCUT2D eigenvalue weighted by atomic mass is 16.1. The van der Waals surface area contributed by atoms with Crippen molar-refractivity contribution in [2.75, 3.05) is 5.73 Å². The molecule has 0 aromatic carbocycles. The molecule has 0 saturated carbocycles. The van der Waals surface area contributed by atoms with Crippen molar-refractivity contribution in [2.45, 2.75) is 20.3 Å². The first kappa shape index (κ1) is 11.2. The summed E-state index contributed by atoms with van der Waals surface area (Å²) in [6, 6.07) is 1.49. The van der Waals surface area contributed by atoms with Crippen molar-refractivity contribution in [3.8, 4) is 0 Å². The molecule has 4 nitrogen and oxygen atoms in total. The maximum atomic E-state index is 11.6. The van der Waals surface area contributed by atoms with Crippen LogP contribution in [0.5, 0.6) is 0 Å². The molecule has 0 fully saturated rings. The third-order valence-electron chi connectivity index (χ3n) is 1.92. The van der Waals surface area contributed by atoms with Crippen LogP contribution in [0, 0.1) is 0 Å². The molecule has 0 unspecified atom stereocenters. The van der Waals surface area contributed by atoms with E-state index in [1.807, 2.05) is 32.1 Å². The minimum absolute atomic E-state index is 0.206. The average Bonchev–Trinajstić information content (AvgIpc) is 2.22. The van der Waals surface area contributed by atoms with Gasteiger partial charge < -0.3 is 5.73 Å². The summed E-state index contributed by atoms with van der Waals surface area (Å²) in [5.74, 6) is 0. The molecular formula is C11H15N3O. The van der Waals surface area contributed by atoms with Crippen molar-refractivity contribution in [3.05, 3.63) is 40.8 Å². The predicted octanol–water partition coefficient (Wildman–Crippen LogP) is 1.65. The van der Waals surface area contributed by atoms with Gasteiger partial charge in [0.2, 0.25) is 0 Å². The summed E-state index contributed by atoms with van der Waals surface area (Å²) in [4.78, 5) is 11.6. The van der Waals surface area contributed by atoms with Crippen LogP contribution in [0.25, 0.3) is 5.70 Å². The van der Waals surface area contributed by atoms with Crippen LogP contribution in [0.1, 0.15) is 20.3 Å². The van der Waals surface area contributed by atoms with Crippen LogP contribution in [-0.2, 0) is 0 Å². The number of nitrogen functional groups attached to an aromatic ring is 1. The number of allylic oxidation sites excluding steroid dienone is 4. The quantitative estimate of drug-likeness (QED) is 0.763. The van der Waals surface area contributed by atoms with E-state index in [-0.39, 0.29) is 11.2 Å². The highest BCUT2D eigenvalue weighted by molar-refractivity contribution is 5.46. The Kier molecular flexibility index (Phi) is 3.85. The first-order chi connectivity index (χ1) is 7.16. The highest BCUT2D eigenvalue weighted by Crippen LogP contribution is 1.99. The van der Waals surface area contributed by atoms with Gasteiger partial charge in [0.1, 0.15) is 5.69 Å². The molecule has 0 aliphatic carbocycles. The topological polar surface area (TPSA) is 60.9 Å². The summed E-state index contributed by atoms with van der Waals surface area (Å²) in [5, 5.41) is 3.94.